The number of nitrogens with zero attached hydrogens (tertiary/aromatic N) is 4. The average molecular weight is 382 g/mol. The van der Waals surface area contributed by atoms with E-state index in [1.165, 1.54) is 38.5 Å². The molecule has 0 bridgehead atoms. The van der Waals surface area contributed by atoms with Gasteiger partial charge in [-0.1, -0.05) is 18.9 Å². The third kappa shape index (κ3) is 5.13. The van der Waals surface area contributed by atoms with Gasteiger partial charge in [0.05, 0.1) is 6.26 Å². The molecular formula is C22H31N5O. The summed E-state index contributed by atoms with van der Waals surface area (Å²) < 4.78 is 5.36. The monoisotopic (exact) mass is 381 g/mol. The highest BCUT2D eigenvalue weighted by Gasteiger charge is 2.23. The van der Waals surface area contributed by atoms with Crippen molar-refractivity contribution in [1.82, 2.24) is 14.9 Å². The van der Waals surface area contributed by atoms with Crippen LogP contribution < -0.4 is 10.2 Å². The zero-order valence-electron chi connectivity index (χ0n) is 16.6. The first kappa shape index (κ1) is 19.0. The van der Waals surface area contributed by atoms with Gasteiger partial charge in [0.25, 0.3) is 0 Å². The zero-order valence-corrected chi connectivity index (χ0v) is 16.6. The van der Waals surface area contributed by atoms with Crippen LogP contribution in [-0.2, 0) is 0 Å². The summed E-state index contributed by atoms with van der Waals surface area (Å²) >= 11 is 0. The number of anilines is 2. The van der Waals surface area contributed by atoms with Crippen LogP contribution in [0.25, 0.3) is 6.08 Å². The Morgan fingerprint density at radius 2 is 2.00 bits per heavy atom. The molecule has 1 atom stereocenters. The lowest BCUT2D eigenvalue weighted by atomic mass is 10.2. The molecule has 2 aliphatic rings. The first-order valence-corrected chi connectivity index (χ1v) is 10.6. The lowest BCUT2D eigenvalue weighted by Gasteiger charge is -2.24. The first-order chi connectivity index (χ1) is 13.9. The molecule has 6 heteroatoms. The van der Waals surface area contributed by atoms with E-state index in [-0.39, 0.29) is 0 Å². The van der Waals surface area contributed by atoms with Gasteiger partial charge >= 0.3 is 0 Å². The molecule has 28 heavy (non-hydrogen) atoms. The predicted octanol–water partition coefficient (Wildman–Crippen LogP) is 4.04. The molecule has 1 unspecified atom stereocenters. The van der Waals surface area contributed by atoms with Crippen LogP contribution in [0.5, 0.6) is 0 Å². The fraction of sp³-hybridized carbons (Fsp3) is 0.545. The van der Waals surface area contributed by atoms with Gasteiger partial charge in [-0.25, -0.2) is 4.98 Å². The maximum absolute atomic E-state index is 5.36. The van der Waals surface area contributed by atoms with E-state index in [0.29, 0.717) is 6.04 Å². The van der Waals surface area contributed by atoms with Gasteiger partial charge in [-0.05, 0) is 56.5 Å². The first-order valence-electron chi connectivity index (χ1n) is 10.6. The highest BCUT2D eigenvalue weighted by Crippen LogP contribution is 2.20. The van der Waals surface area contributed by atoms with Crippen molar-refractivity contribution in [1.29, 1.82) is 0 Å². The number of hydrogen-bond donors (Lipinski definition) is 1. The highest BCUT2D eigenvalue weighted by atomic mass is 16.3. The van der Waals surface area contributed by atoms with E-state index in [1.807, 2.05) is 24.4 Å². The number of nitrogens with one attached hydrogen (secondary N) is 1. The molecule has 0 spiro atoms. The Morgan fingerprint density at radius 1 is 1.11 bits per heavy atom. The van der Waals surface area contributed by atoms with Crippen molar-refractivity contribution in [3.8, 4) is 0 Å². The van der Waals surface area contributed by atoms with Crippen molar-refractivity contribution in [3.63, 3.8) is 0 Å². The van der Waals surface area contributed by atoms with Crippen LogP contribution in [0, 0.1) is 0 Å². The summed E-state index contributed by atoms with van der Waals surface area (Å²) in [4.78, 5) is 14.1. The van der Waals surface area contributed by atoms with Gasteiger partial charge < -0.3 is 14.6 Å². The minimum atomic E-state index is 0.520. The second-order valence-electron chi connectivity index (χ2n) is 7.73. The number of rotatable bonds is 7. The van der Waals surface area contributed by atoms with E-state index in [4.69, 9.17) is 9.40 Å². The molecule has 2 aliphatic heterocycles. The van der Waals surface area contributed by atoms with E-state index in [0.717, 1.165) is 50.3 Å². The molecule has 150 valence electrons. The second kappa shape index (κ2) is 9.73. The van der Waals surface area contributed by atoms with E-state index in [2.05, 4.69) is 32.3 Å². The Bertz CT molecular complexity index is 737. The quantitative estimate of drug-likeness (QED) is 0.781. The van der Waals surface area contributed by atoms with Crippen LogP contribution >= 0.6 is 0 Å². The Hall–Kier alpha value is -2.34. The molecule has 2 aromatic heterocycles. The molecule has 2 fully saturated rings. The van der Waals surface area contributed by atoms with E-state index in [9.17, 15) is 0 Å². The van der Waals surface area contributed by atoms with Crippen LogP contribution in [0.15, 0.2) is 41.2 Å². The molecule has 4 rings (SSSR count). The summed E-state index contributed by atoms with van der Waals surface area (Å²) in [6.07, 6.45) is 15.5. The van der Waals surface area contributed by atoms with Crippen LogP contribution in [0.2, 0.25) is 0 Å². The van der Waals surface area contributed by atoms with E-state index >= 15 is 0 Å². The zero-order chi connectivity index (χ0) is 19.0. The molecule has 0 amide bonds. The number of likely N-dealkylation sites (tertiary alicyclic amines) is 1. The van der Waals surface area contributed by atoms with Crippen LogP contribution in [0.4, 0.5) is 11.8 Å². The van der Waals surface area contributed by atoms with Crippen molar-refractivity contribution < 1.29 is 4.42 Å². The fourth-order valence-electron chi connectivity index (χ4n) is 4.18. The van der Waals surface area contributed by atoms with Gasteiger partial charge in [-0.3, -0.25) is 4.90 Å². The van der Waals surface area contributed by atoms with Crippen molar-refractivity contribution in [3.05, 3.63) is 42.5 Å². The molecule has 2 saturated heterocycles. The Labute approximate surface area is 167 Å². The molecule has 0 saturated carbocycles. The van der Waals surface area contributed by atoms with Gasteiger partial charge in [-0.2, -0.15) is 4.98 Å². The van der Waals surface area contributed by atoms with Crippen LogP contribution in [0.1, 0.15) is 44.3 Å². The largest absolute Gasteiger partial charge is 0.465 e. The molecular weight excluding hydrogens is 350 g/mol. The Balaban J connectivity index is 1.30. The lowest BCUT2D eigenvalue weighted by Crippen LogP contribution is -2.35. The van der Waals surface area contributed by atoms with E-state index in [1.54, 1.807) is 6.26 Å². The molecule has 0 aliphatic carbocycles. The summed E-state index contributed by atoms with van der Waals surface area (Å²) in [5, 5.41) is 3.48. The van der Waals surface area contributed by atoms with Crippen molar-refractivity contribution in [2.45, 2.75) is 44.6 Å². The number of aromatic nitrogens is 2. The molecule has 2 aromatic rings. The SMILES string of the molecule is C(=Cc1ccco1)CN1CCCC1CNc1nccc(N2CCCCCC2)n1. The number of furan rings is 1. The molecule has 1 N–H and O–H groups in total. The maximum Gasteiger partial charge on any atom is 0.224 e. The topological polar surface area (TPSA) is 57.4 Å². The summed E-state index contributed by atoms with van der Waals surface area (Å²) in [7, 11) is 0. The third-order valence-electron chi connectivity index (χ3n) is 5.73. The summed E-state index contributed by atoms with van der Waals surface area (Å²) in [5.74, 6) is 2.72. The fourth-order valence-corrected chi connectivity index (χ4v) is 4.18. The van der Waals surface area contributed by atoms with Crippen molar-refractivity contribution in [2.24, 2.45) is 0 Å². The van der Waals surface area contributed by atoms with Gasteiger partial charge in [0.1, 0.15) is 11.6 Å². The van der Waals surface area contributed by atoms with Crippen LogP contribution in [0.3, 0.4) is 0 Å². The minimum absolute atomic E-state index is 0.520. The Morgan fingerprint density at radius 3 is 2.82 bits per heavy atom. The minimum Gasteiger partial charge on any atom is -0.465 e. The predicted molar refractivity (Wildman–Crippen MR) is 114 cm³/mol. The summed E-state index contributed by atoms with van der Waals surface area (Å²) in [6.45, 7) is 5.19. The lowest BCUT2D eigenvalue weighted by molar-refractivity contribution is 0.291. The summed E-state index contributed by atoms with van der Waals surface area (Å²) in [5.41, 5.74) is 0. The molecule has 4 heterocycles. The van der Waals surface area contributed by atoms with Gasteiger partial charge in [0.2, 0.25) is 5.95 Å². The normalized spacial score (nSPS) is 21.3. The number of hydrogen-bond acceptors (Lipinski definition) is 6. The van der Waals surface area contributed by atoms with Gasteiger partial charge in [0, 0.05) is 38.4 Å². The standard InChI is InChI=1S/C22H31N5O/c1-2-4-14-27(13-3-1)21-11-12-23-22(25-21)24-18-19-8-5-15-26(19)16-6-9-20-10-7-17-28-20/h6-7,9-12,17,19H,1-5,8,13-16,18H2,(H,23,24,25). The molecule has 6 nitrogen and oxygen atoms in total. The Kier molecular flexibility index (Phi) is 6.60. The van der Waals surface area contributed by atoms with Crippen LogP contribution in [-0.4, -0.2) is 53.6 Å². The second-order valence-corrected chi connectivity index (χ2v) is 7.73. The molecule has 0 aromatic carbocycles. The maximum atomic E-state index is 5.36. The van der Waals surface area contributed by atoms with Crippen molar-refractivity contribution >= 4 is 17.8 Å². The summed E-state index contributed by atoms with van der Waals surface area (Å²) in [6, 6.07) is 6.46. The smallest absolute Gasteiger partial charge is 0.224 e. The van der Waals surface area contributed by atoms with Gasteiger partial charge in [0.15, 0.2) is 0 Å². The highest BCUT2D eigenvalue weighted by molar-refractivity contribution is 5.43. The third-order valence-corrected chi connectivity index (χ3v) is 5.73. The van der Waals surface area contributed by atoms with Gasteiger partial charge in [-0.15, -0.1) is 0 Å². The molecule has 0 radical (unpaired) electrons. The van der Waals surface area contributed by atoms with Crippen molar-refractivity contribution in [2.75, 3.05) is 42.9 Å². The van der Waals surface area contributed by atoms with E-state index < -0.39 is 0 Å². The average Bonchev–Trinajstić information content (AvgIpc) is 3.32.